The average Bonchev–Trinajstić information content (AvgIpc) is 2.70. The highest BCUT2D eigenvalue weighted by Crippen LogP contribution is 2.38. The van der Waals surface area contributed by atoms with Gasteiger partial charge in [0.05, 0.1) is 5.52 Å². The molecule has 0 spiro atoms. The first kappa shape index (κ1) is 10.4. The lowest BCUT2D eigenvalue weighted by atomic mass is 10.0. The van der Waals surface area contributed by atoms with Gasteiger partial charge < -0.3 is 0 Å². The van der Waals surface area contributed by atoms with Gasteiger partial charge in [-0.15, -0.1) is 0 Å². The van der Waals surface area contributed by atoms with Crippen LogP contribution in [-0.4, -0.2) is 10.8 Å². The number of benzene rings is 2. The molecule has 1 aliphatic rings. The first-order chi connectivity index (χ1) is 9.24. The lowest BCUT2D eigenvalue weighted by molar-refractivity contribution is 0.104. The van der Waals surface area contributed by atoms with Crippen LogP contribution in [0.5, 0.6) is 0 Å². The number of carbonyl (C=O) groups excluding carboxylic acids is 1. The molecular weight excluding hydrogens is 234 g/mol. The van der Waals surface area contributed by atoms with Gasteiger partial charge in [0.2, 0.25) is 0 Å². The number of aryl methyl sites for hydroxylation is 1. The third-order valence-corrected chi connectivity index (χ3v) is 3.67. The van der Waals surface area contributed by atoms with Crippen LogP contribution in [0.4, 0.5) is 0 Å². The normalized spacial score (nSPS) is 12.6. The van der Waals surface area contributed by atoms with E-state index in [9.17, 15) is 4.79 Å². The minimum atomic E-state index is 0.107. The van der Waals surface area contributed by atoms with Crippen LogP contribution in [0.2, 0.25) is 0 Å². The Balaban J connectivity index is 2.11. The van der Waals surface area contributed by atoms with Crippen molar-refractivity contribution in [3.63, 3.8) is 0 Å². The topological polar surface area (TPSA) is 30.0 Å². The molecule has 2 heteroatoms. The van der Waals surface area contributed by atoms with Gasteiger partial charge in [-0.1, -0.05) is 30.3 Å². The van der Waals surface area contributed by atoms with Crippen LogP contribution in [0.15, 0.2) is 48.5 Å². The van der Waals surface area contributed by atoms with Crippen molar-refractivity contribution in [2.45, 2.75) is 6.92 Å². The zero-order valence-corrected chi connectivity index (χ0v) is 10.5. The fourth-order valence-electron chi connectivity index (χ4n) is 2.74. The van der Waals surface area contributed by atoms with Crippen LogP contribution in [0, 0.1) is 6.92 Å². The molecule has 90 valence electrons. The molecule has 4 rings (SSSR count). The Hall–Kier alpha value is -2.48. The molecule has 0 unspecified atom stereocenters. The van der Waals surface area contributed by atoms with Crippen LogP contribution in [-0.2, 0) is 0 Å². The summed E-state index contributed by atoms with van der Waals surface area (Å²) in [6, 6.07) is 15.8. The van der Waals surface area contributed by atoms with Gasteiger partial charge in [0.25, 0.3) is 0 Å². The van der Waals surface area contributed by atoms with Gasteiger partial charge in [-0.05, 0) is 36.2 Å². The first-order valence-electron chi connectivity index (χ1n) is 6.29. The predicted octanol–water partition coefficient (Wildman–Crippen LogP) is 3.75. The van der Waals surface area contributed by atoms with Gasteiger partial charge in [0.15, 0.2) is 5.78 Å². The van der Waals surface area contributed by atoms with Gasteiger partial charge in [-0.25, -0.2) is 0 Å². The second kappa shape index (κ2) is 3.51. The van der Waals surface area contributed by atoms with Crippen LogP contribution in [0.1, 0.15) is 21.6 Å². The standard InChI is InChI=1S/C17H11NO/c1-10-6-7-11-8-14-12-4-2-3-5-13(12)17(19)15(14)9-16(11)18-10/h2-9H,1H3. The molecule has 0 aliphatic heterocycles. The Morgan fingerprint density at radius 1 is 0.842 bits per heavy atom. The molecule has 2 nitrogen and oxygen atoms in total. The quantitative estimate of drug-likeness (QED) is 0.472. The molecule has 1 heterocycles. The van der Waals surface area contributed by atoms with Crippen molar-refractivity contribution in [1.29, 1.82) is 0 Å². The second-order valence-corrected chi connectivity index (χ2v) is 4.92. The van der Waals surface area contributed by atoms with Crippen LogP contribution < -0.4 is 0 Å². The van der Waals surface area contributed by atoms with Crippen molar-refractivity contribution >= 4 is 16.7 Å². The fraction of sp³-hybridized carbons (Fsp3) is 0.0588. The smallest absolute Gasteiger partial charge is 0.194 e. The summed E-state index contributed by atoms with van der Waals surface area (Å²) in [7, 11) is 0. The number of pyridine rings is 1. The number of rotatable bonds is 0. The van der Waals surface area contributed by atoms with E-state index in [0.29, 0.717) is 0 Å². The van der Waals surface area contributed by atoms with E-state index in [1.165, 1.54) is 0 Å². The van der Waals surface area contributed by atoms with Gasteiger partial charge in [-0.3, -0.25) is 9.78 Å². The molecule has 1 aromatic heterocycles. The van der Waals surface area contributed by atoms with Crippen molar-refractivity contribution in [1.82, 2.24) is 4.98 Å². The number of nitrogens with zero attached hydrogens (tertiary/aromatic N) is 1. The third kappa shape index (κ3) is 1.37. The Labute approximate surface area is 110 Å². The van der Waals surface area contributed by atoms with Crippen LogP contribution >= 0.6 is 0 Å². The zero-order valence-electron chi connectivity index (χ0n) is 10.5. The van der Waals surface area contributed by atoms with Crippen LogP contribution in [0.25, 0.3) is 22.0 Å². The lowest BCUT2D eigenvalue weighted by Crippen LogP contribution is -1.95. The number of hydrogen-bond donors (Lipinski definition) is 0. The SMILES string of the molecule is Cc1ccc2cc3c(cc2n1)C(=O)c1ccccc1-3. The summed E-state index contributed by atoms with van der Waals surface area (Å²) >= 11 is 0. The predicted molar refractivity (Wildman–Crippen MR) is 75.3 cm³/mol. The third-order valence-electron chi connectivity index (χ3n) is 3.67. The van der Waals surface area contributed by atoms with E-state index in [0.717, 1.165) is 38.9 Å². The largest absolute Gasteiger partial charge is 0.289 e. The molecule has 1 aliphatic carbocycles. The van der Waals surface area contributed by atoms with Crippen molar-refractivity contribution in [3.8, 4) is 11.1 Å². The van der Waals surface area contributed by atoms with E-state index >= 15 is 0 Å². The molecule has 2 aromatic carbocycles. The van der Waals surface area contributed by atoms with E-state index in [2.05, 4.69) is 17.1 Å². The van der Waals surface area contributed by atoms with Crippen molar-refractivity contribution in [2.24, 2.45) is 0 Å². The van der Waals surface area contributed by atoms with E-state index in [4.69, 9.17) is 0 Å². The molecule has 0 N–H and O–H groups in total. The molecular formula is C17H11NO. The number of fused-ring (bicyclic) bond motifs is 4. The summed E-state index contributed by atoms with van der Waals surface area (Å²) in [6.07, 6.45) is 0. The summed E-state index contributed by atoms with van der Waals surface area (Å²) in [5.74, 6) is 0.107. The molecule has 0 saturated heterocycles. The Bertz CT molecular complexity index is 849. The summed E-state index contributed by atoms with van der Waals surface area (Å²) in [5, 5.41) is 1.08. The maximum absolute atomic E-state index is 12.4. The molecule has 0 atom stereocenters. The Morgan fingerprint density at radius 3 is 2.47 bits per heavy atom. The van der Waals surface area contributed by atoms with E-state index in [1.807, 2.05) is 43.3 Å². The minimum absolute atomic E-state index is 0.107. The van der Waals surface area contributed by atoms with Gasteiger partial charge in [-0.2, -0.15) is 0 Å². The zero-order chi connectivity index (χ0) is 13.0. The molecule has 0 bridgehead atoms. The van der Waals surface area contributed by atoms with Crippen molar-refractivity contribution < 1.29 is 4.79 Å². The molecule has 0 fully saturated rings. The molecule has 0 radical (unpaired) electrons. The molecule has 19 heavy (non-hydrogen) atoms. The van der Waals surface area contributed by atoms with E-state index in [1.54, 1.807) is 0 Å². The average molecular weight is 245 g/mol. The highest BCUT2D eigenvalue weighted by Gasteiger charge is 2.26. The van der Waals surface area contributed by atoms with Gasteiger partial charge >= 0.3 is 0 Å². The first-order valence-corrected chi connectivity index (χ1v) is 6.29. The number of carbonyl (C=O) groups is 1. The van der Waals surface area contributed by atoms with E-state index < -0.39 is 0 Å². The lowest BCUT2D eigenvalue weighted by Gasteiger charge is -2.03. The van der Waals surface area contributed by atoms with Gasteiger partial charge in [0, 0.05) is 22.2 Å². The molecule has 3 aromatic rings. The summed E-state index contributed by atoms with van der Waals surface area (Å²) in [4.78, 5) is 16.9. The van der Waals surface area contributed by atoms with Crippen molar-refractivity contribution in [3.05, 3.63) is 65.4 Å². The highest BCUT2D eigenvalue weighted by molar-refractivity contribution is 6.23. The second-order valence-electron chi connectivity index (χ2n) is 4.92. The Morgan fingerprint density at radius 2 is 1.63 bits per heavy atom. The highest BCUT2D eigenvalue weighted by atomic mass is 16.1. The molecule has 0 amide bonds. The maximum Gasteiger partial charge on any atom is 0.194 e. The summed E-state index contributed by atoms with van der Waals surface area (Å²) < 4.78 is 0. The monoisotopic (exact) mass is 245 g/mol. The maximum atomic E-state index is 12.4. The fourth-order valence-corrected chi connectivity index (χ4v) is 2.74. The Kier molecular flexibility index (Phi) is 1.93. The van der Waals surface area contributed by atoms with E-state index in [-0.39, 0.29) is 5.78 Å². The number of aromatic nitrogens is 1. The van der Waals surface area contributed by atoms with Gasteiger partial charge in [0.1, 0.15) is 0 Å². The number of ketones is 1. The molecule has 0 saturated carbocycles. The van der Waals surface area contributed by atoms with Crippen LogP contribution in [0.3, 0.4) is 0 Å². The number of hydrogen-bond acceptors (Lipinski definition) is 2. The van der Waals surface area contributed by atoms with Crippen molar-refractivity contribution in [2.75, 3.05) is 0 Å². The summed E-state index contributed by atoms with van der Waals surface area (Å²) in [5.41, 5.74) is 5.48. The minimum Gasteiger partial charge on any atom is -0.289 e. The summed E-state index contributed by atoms with van der Waals surface area (Å²) in [6.45, 7) is 1.96.